The molecule has 0 aliphatic heterocycles. The zero-order chi connectivity index (χ0) is 24.1. The number of halogens is 4. The monoisotopic (exact) mass is 465 g/mol. The first-order valence-electron chi connectivity index (χ1n) is 10.1. The maximum Gasteiger partial charge on any atom is 0.425 e. The first-order chi connectivity index (χ1) is 16.2. The van der Waals surface area contributed by atoms with E-state index in [2.05, 4.69) is 10.1 Å². The molecule has 6 nitrogen and oxygen atoms in total. The Morgan fingerprint density at radius 2 is 1.82 bits per heavy atom. The molecule has 3 aromatic heterocycles. The van der Waals surface area contributed by atoms with Crippen molar-refractivity contribution in [2.45, 2.75) is 18.3 Å². The van der Waals surface area contributed by atoms with Crippen LogP contribution in [0.15, 0.2) is 73.2 Å². The van der Waals surface area contributed by atoms with Gasteiger partial charge in [0.25, 0.3) is 0 Å². The molecule has 3 heterocycles. The fraction of sp³-hybridized carbons (Fsp3) is 0.125. The number of nitriles is 1. The lowest BCUT2D eigenvalue weighted by Gasteiger charge is -2.31. The van der Waals surface area contributed by atoms with Crippen molar-refractivity contribution in [3.8, 4) is 11.8 Å². The van der Waals surface area contributed by atoms with E-state index in [0.29, 0.717) is 16.6 Å². The van der Waals surface area contributed by atoms with Crippen molar-refractivity contribution in [1.29, 1.82) is 5.26 Å². The van der Waals surface area contributed by atoms with Crippen LogP contribution in [0, 0.1) is 17.1 Å². The van der Waals surface area contributed by atoms with Gasteiger partial charge in [0.2, 0.25) is 5.60 Å². The molecule has 0 radical (unpaired) electrons. The summed E-state index contributed by atoms with van der Waals surface area (Å²) in [5, 5.41) is 25.0. The molecule has 0 aliphatic rings. The van der Waals surface area contributed by atoms with Gasteiger partial charge in [-0.05, 0) is 54.1 Å². The number of benzene rings is 2. The maximum absolute atomic E-state index is 14.5. The summed E-state index contributed by atoms with van der Waals surface area (Å²) < 4.78 is 59.5. The van der Waals surface area contributed by atoms with E-state index in [9.17, 15) is 22.7 Å². The van der Waals surface area contributed by atoms with Crippen molar-refractivity contribution in [2.75, 3.05) is 0 Å². The molecule has 0 saturated heterocycles. The van der Waals surface area contributed by atoms with Crippen LogP contribution >= 0.6 is 0 Å². The summed E-state index contributed by atoms with van der Waals surface area (Å²) in [5.41, 5.74) is -3.04. The van der Waals surface area contributed by atoms with Crippen LogP contribution in [0.5, 0.6) is 0 Å². The van der Waals surface area contributed by atoms with E-state index in [1.165, 1.54) is 76.2 Å². The highest BCUT2D eigenvalue weighted by molar-refractivity contribution is 5.84. The third-order valence-electron chi connectivity index (χ3n) is 5.73. The Kier molecular flexibility index (Phi) is 4.88. The van der Waals surface area contributed by atoms with E-state index in [4.69, 9.17) is 5.26 Å². The quantitative estimate of drug-likeness (QED) is 0.386. The number of pyridine rings is 1. The highest BCUT2D eigenvalue weighted by atomic mass is 19.4. The van der Waals surface area contributed by atoms with Gasteiger partial charge in [0.15, 0.2) is 0 Å². The summed E-state index contributed by atoms with van der Waals surface area (Å²) in [6, 6.07) is 14.1. The normalized spacial score (nSPS) is 13.8. The van der Waals surface area contributed by atoms with E-state index >= 15 is 0 Å². The van der Waals surface area contributed by atoms with Gasteiger partial charge in [-0.3, -0.25) is 0 Å². The van der Waals surface area contributed by atoms with Gasteiger partial charge in [-0.15, -0.1) is 0 Å². The van der Waals surface area contributed by atoms with Gasteiger partial charge in [0.1, 0.15) is 18.0 Å². The summed E-state index contributed by atoms with van der Waals surface area (Å²) in [7, 11) is 0. The van der Waals surface area contributed by atoms with Gasteiger partial charge in [-0.25, -0.2) is 14.1 Å². The molecular weight excluding hydrogens is 450 g/mol. The first kappa shape index (κ1) is 21.6. The lowest BCUT2D eigenvalue weighted by molar-refractivity contribution is -0.247. The van der Waals surface area contributed by atoms with Crippen LogP contribution in [-0.2, 0) is 12.1 Å². The zero-order valence-electron chi connectivity index (χ0n) is 17.3. The van der Waals surface area contributed by atoms with E-state index in [1.807, 2.05) is 6.07 Å². The maximum atomic E-state index is 14.5. The van der Waals surface area contributed by atoms with E-state index < -0.39 is 28.7 Å². The first-order valence-corrected chi connectivity index (χ1v) is 10.1. The average molecular weight is 465 g/mol. The fourth-order valence-corrected chi connectivity index (χ4v) is 4.13. The number of nitrogens with zero attached hydrogens (tertiary/aromatic N) is 5. The molecule has 2 aromatic carbocycles. The van der Waals surface area contributed by atoms with Gasteiger partial charge >= 0.3 is 6.18 Å². The molecule has 10 heteroatoms. The largest absolute Gasteiger partial charge is 0.425 e. The molecule has 170 valence electrons. The molecular formula is C24H15F4N5O. The van der Waals surface area contributed by atoms with Crippen LogP contribution in [-0.4, -0.2) is 30.6 Å². The minimum Gasteiger partial charge on any atom is -0.372 e. The molecule has 0 fully saturated rings. The molecule has 34 heavy (non-hydrogen) atoms. The molecule has 0 saturated carbocycles. The van der Waals surface area contributed by atoms with Gasteiger partial charge in [0, 0.05) is 28.7 Å². The average Bonchev–Trinajstić information content (AvgIpc) is 3.40. The van der Waals surface area contributed by atoms with Crippen molar-refractivity contribution in [3.63, 3.8) is 0 Å². The van der Waals surface area contributed by atoms with Crippen LogP contribution in [0.1, 0.15) is 11.1 Å². The SMILES string of the molecule is N#CCn1cc(C(O)(c2ccc3c(cnn3-c3ccc(F)cc3)c2)C(F)(F)F)c2cccnc21. The number of hydrogen-bond donors (Lipinski definition) is 1. The summed E-state index contributed by atoms with van der Waals surface area (Å²) in [5.74, 6) is -0.428. The van der Waals surface area contributed by atoms with Gasteiger partial charge in [-0.1, -0.05) is 6.07 Å². The highest BCUT2D eigenvalue weighted by Crippen LogP contribution is 2.47. The molecule has 0 spiro atoms. The minimum atomic E-state index is -5.09. The lowest BCUT2D eigenvalue weighted by atomic mass is 9.85. The van der Waals surface area contributed by atoms with Crippen LogP contribution < -0.4 is 0 Å². The van der Waals surface area contributed by atoms with Crippen LogP contribution in [0.3, 0.4) is 0 Å². The smallest absolute Gasteiger partial charge is 0.372 e. The highest BCUT2D eigenvalue weighted by Gasteiger charge is 2.57. The molecule has 5 rings (SSSR count). The van der Waals surface area contributed by atoms with E-state index in [-0.39, 0.29) is 17.6 Å². The van der Waals surface area contributed by atoms with Gasteiger partial charge < -0.3 is 9.67 Å². The molecule has 0 aliphatic carbocycles. The van der Waals surface area contributed by atoms with E-state index in [0.717, 1.165) is 6.20 Å². The van der Waals surface area contributed by atoms with Crippen LogP contribution in [0.25, 0.3) is 27.6 Å². The Morgan fingerprint density at radius 1 is 1.06 bits per heavy atom. The van der Waals surface area contributed by atoms with Crippen molar-refractivity contribution in [2.24, 2.45) is 0 Å². The third kappa shape index (κ3) is 3.21. The Balaban J connectivity index is 1.71. The molecule has 1 atom stereocenters. The summed E-state index contributed by atoms with van der Waals surface area (Å²) in [6.45, 7) is -0.231. The Labute approximate surface area is 189 Å². The van der Waals surface area contributed by atoms with Crippen LogP contribution in [0.2, 0.25) is 0 Å². The second kappa shape index (κ2) is 7.67. The zero-order valence-corrected chi connectivity index (χ0v) is 17.3. The van der Waals surface area contributed by atoms with Crippen molar-refractivity contribution in [1.82, 2.24) is 19.3 Å². The summed E-state index contributed by atoms with van der Waals surface area (Å²) in [6.07, 6.45) is -1.20. The predicted octanol–water partition coefficient (Wildman–Crippen LogP) is 4.84. The van der Waals surface area contributed by atoms with Crippen molar-refractivity contribution in [3.05, 3.63) is 90.1 Å². The Hall–Kier alpha value is -4.23. The number of aliphatic hydroxyl groups is 1. The second-order valence-electron chi connectivity index (χ2n) is 7.72. The molecule has 1 unspecified atom stereocenters. The number of rotatable bonds is 4. The molecule has 0 bridgehead atoms. The van der Waals surface area contributed by atoms with Crippen molar-refractivity contribution < 1.29 is 22.7 Å². The topological polar surface area (TPSA) is 79.7 Å². The second-order valence-corrected chi connectivity index (χ2v) is 7.72. The number of fused-ring (bicyclic) bond motifs is 2. The van der Waals surface area contributed by atoms with Crippen molar-refractivity contribution >= 4 is 21.9 Å². The minimum absolute atomic E-state index is 0.0830. The summed E-state index contributed by atoms with van der Waals surface area (Å²) >= 11 is 0. The molecule has 5 aromatic rings. The van der Waals surface area contributed by atoms with E-state index in [1.54, 1.807) is 0 Å². The van der Waals surface area contributed by atoms with Crippen LogP contribution in [0.4, 0.5) is 17.6 Å². The summed E-state index contributed by atoms with van der Waals surface area (Å²) in [4.78, 5) is 4.10. The fourth-order valence-electron chi connectivity index (χ4n) is 4.13. The lowest BCUT2D eigenvalue weighted by Crippen LogP contribution is -2.43. The molecule has 1 N–H and O–H groups in total. The predicted molar refractivity (Wildman–Crippen MR) is 115 cm³/mol. The third-order valence-corrected chi connectivity index (χ3v) is 5.73. The van der Waals surface area contributed by atoms with Gasteiger partial charge in [0.05, 0.1) is 23.5 Å². The number of hydrogen-bond acceptors (Lipinski definition) is 4. The Bertz CT molecular complexity index is 1560. The molecule has 0 amide bonds. The van der Waals surface area contributed by atoms with Gasteiger partial charge in [-0.2, -0.15) is 23.5 Å². The number of alkyl halides is 3. The number of aromatic nitrogens is 4. The Morgan fingerprint density at radius 3 is 2.53 bits per heavy atom. The standard InChI is InChI=1S/C24H15F4N5O/c25-17-4-6-18(7-5-17)33-21-8-3-16(12-15(21)13-31-33)23(34,24(26,27)28)20-14-32(11-9-29)22-19(20)2-1-10-30-22/h1-8,10,12-14,34H,11H2.